The topological polar surface area (TPSA) is 17.8 Å². The zero-order valence-corrected chi connectivity index (χ0v) is 10.5. The Morgan fingerprint density at radius 2 is 2.07 bits per heavy atom. The van der Waals surface area contributed by atoms with E-state index in [0.717, 1.165) is 18.7 Å². The smallest absolute Gasteiger partial charge is 0.108 e. The van der Waals surface area contributed by atoms with Crippen LogP contribution in [0.1, 0.15) is 44.9 Å². The largest absolute Gasteiger partial charge is 0.335 e. The van der Waals surface area contributed by atoms with E-state index in [1.165, 1.54) is 37.9 Å². The van der Waals surface area contributed by atoms with Crippen LogP contribution in [0.4, 0.5) is 0 Å². The molecule has 0 aliphatic heterocycles. The molecule has 0 saturated carbocycles. The zero-order valence-electron chi connectivity index (χ0n) is 9.65. The van der Waals surface area contributed by atoms with Crippen LogP contribution in [0.15, 0.2) is 12.4 Å². The van der Waals surface area contributed by atoms with E-state index >= 15 is 0 Å². The first-order chi connectivity index (χ1) is 7.38. The van der Waals surface area contributed by atoms with Crippen LogP contribution in [0.2, 0.25) is 0 Å². The van der Waals surface area contributed by atoms with Crippen LogP contribution in [-0.4, -0.2) is 15.3 Å². The first-order valence-corrected chi connectivity index (χ1v) is 6.62. The summed E-state index contributed by atoms with van der Waals surface area (Å²) >= 11 is 4.21. The molecule has 0 radical (unpaired) electrons. The predicted octanol–water partition coefficient (Wildman–Crippen LogP) is 3.33. The molecular formula is C12H22N2S. The lowest BCUT2D eigenvalue weighted by Gasteiger charge is -2.06. The fraction of sp³-hybridized carbons (Fsp3) is 0.750. The van der Waals surface area contributed by atoms with Crippen molar-refractivity contribution in [1.29, 1.82) is 0 Å². The number of unbranched alkanes of at least 4 members (excludes halogenated alkanes) is 3. The normalized spacial score (nSPS) is 10.8. The number of thiol groups is 1. The number of aromatic nitrogens is 2. The summed E-state index contributed by atoms with van der Waals surface area (Å²) in [5, 5.41) is 0. The Hall–Kier alpha value is -0.440. The molecular weight excluding hydrogens is 204 g/mol. The average Bonchev–Trinajstić information content (AvgIpc) is 2.66. The van der Waals surface area contributed by atoms with Crippen LogP contribution >= 0.6 is 12.6 Å². The number of rotatable bonds is 8. The molecule has 0 aromatic carbocycles. The molecule has 86 valence electrons. The van der Waals surface area contributed by atoms with E-state index in [4.69, 9.17) is 0 Å². The maximum Gasteiger partial charge on any atom is 0.108 e. The number of hydrogen-bond donors (Lipinski definition) is 1. The summed E-state index contributed by atoms with van der Waals surface area (Å²) in [4.78, 5) is 4.37. The van der Waals surface area contributed by atoms with Gasteiger partial charge >= 0.3 is 0 Å². The van der Waals surface area contributed by atoms with Crippen molar-refractivity contribution in [3.05, 3.63) is 18.2 Å². The lowest BCUT2D eigenvalue weighted by Crippen LogP contribution is -2.03. The molecule has 0 amide bonds. The third-order valence-electron chi connectivity index (χ3n) is 2.58. The average molecular weight is 226 g/mol. The molecule has 0 atom stereocenters. The molecule has 0 aliphatic carbocycles. The summed E-state index contributed by atoms with van der Waals surface area (Å²) in [6.07, 6.45) is 11.4. The van der Waals surface area contributed by atoms with E-state index in [1.807, 2.05) is 6.20 Å². The van der Waals surface area contributed by atoms with Crippen LogP contribution in [0.25, 0.3) is 0 Å². The second kappa shape index (κ2) is 7.80. The monoisotopic (exact) mass is 226 g/mol. The van der Waals surface area contributed by atoms with E-state index in [9.17, 15) is 0 Å². The third kappa shape index (κ3) is 4.74. The Morgan fingerprint density at radius 3 is 2.80 bits per heavy atom. The highest BCUT2D eigenvalue weighted by Crippen LogP contribution is 2.06. The molecule has 0 N–H and O–H groups in total. The van der Waals surface area contributed by atoms with Crippen molar-refractivity contribution in [2.24, 2.45) is 0 Å². The molecule has 15 heavy (non-hydrogen) atoms. The van der Waals surface area contributed by atoms with E-state index < -0.39 is 0 Å². The van der Waals surface area contributed by atoms with Gasteiger partial charge in [-0.3, -0.25) is 0 Å². The molecule has 1 aromatic rings. The fourth-order valence-electron chi connectivity index (χ4n) is 1.74. The molecule has 0 saturated heterocycles. The minimum absolute atomic E-state index is 1.02. The zero-order chi connectivity index (χ0) is 10.9. The van der Waals surface area contributed by atoms with Gasteiger partial charge in [0.25, 0.3) is 0 Å². The molecule has 2 nitrogen and oxygen atoms in total. The Labute approximate surface area is 98.5 Å². The molecule has 1 heterocycles. The highest BCUT2D eigenvalue weighted by atomic mass is 32.1. The van der Waals surface area contributed by atoms with Gasteiger partial charge in [-0.15, -0.1) is 0 Å². The fourth-order valence-corrected chi connectivity index (χ4v) is 1.97. The van der Waals surface area contributed by atoms with E-state index in [-0.39, 0.29) is 0 Å². The van der Waals surface area contributed by atoms with Crippen LogP contribution in [-0.2, 0) is 13.0 Å². The molecule has 0 aliphatic rings. The highest BCUT2D eigenvalue weighted by molar-refractivity contribution is 7.80. The molecule has 0 unspecified atom stereocenters. The molecule has 1 aromatic heterocycles. The van der Waals surface area contributed by atoms with Crippen LogP contribution in [0, 0.1) is 0 Å². The van der Waals surface area contributed by atoms with Crippen molar-refractivity contribution < 1.29 is 0 Å². The van der Waals surface area contributed by atoms with E-state index in [0.29, 0.717) is 0 Å². The highest BCUT2D eigenvalue weighted by Gasteiger charge is 2.00. The van der Waals surface area contributed by atoms with E-state index in [1.54, 1.807) is 0 Å². The number of nitrogens with zero attached hydrogens (tertiary/aromatic N) is 2. The Balaban J connectivity index is 2.21. The first-order valence-electron chi connectivity index (χ1n) is 5.99. The van der Waals surface area contributed by atoms with Gasteiger partial charge in [0.05, 0.1) is 0 Å². The standard InChI is InChI=1S/C12H22N2S/c1-2-7-12-13-8-10-14(12)9-5-3-4-6-11-15/h8,10,15H,2-7,9,11H2,1H3. The van der Waals surface area contributed by atoms with Crippen molar-refractivity contribution in [3.8, 4) is 0 Å². The van der Waals surface area contributed by atoms with Gasteiger partial charge in [0, 0.05) is 25.4 Å². The van der Waals surface area contributed by atoms with Crippen molar-refractivity contribution in [2.45, 2.75) is 52.0 Å². The van der Waals surface area contributed by atoms with E-state index in [2.05, 4.69) is 35.3 Å². The minimum atomic E-state index is 1.02. The SMILES string of the molecule is CCCc1nccn1CCCCCCS. The second-order valence-electron chi connectivity index (χ2n) is 3.92. The van der Waals surface area contributed by atoms with Crippen LogP contribution in [0.3, 0.4) is 0 Å². The lowest BCUT2D eigenvalue weighted by molar-refractivity contribution is 0.563. The Kier molecular flexibility index (Phi) is 6.57. The van der Waals surface area contributed by atoms with Gasteiger partial charge in [-0.05, 0) is 25.0 Å². The van der Waals surface area contributed by atoms with Gasteiger partial charge < -0.3 is 4.57 Å². The summed E-state index contributed by atoms with van der Waals surface area (Å²) in [7, 11) is 0. The molecule has 0 fully saturated rings. The number of imidazole rings is 1. The molecule has 1 rings (SSSR count). The van der Waals surface area contributed by atoms with Gasteiger partial charge in [0.15, 0.2) is 0 Å². The maximum atomic E-state index is 4.37. The Morgan fingerprint density at radius 1 is 1.27 bits per heavy atom. The van der Waals surface area contributed by atoms with Crippen LogP contribution in [0.5, 0.6) is 0 Å². The van der Waals surface area contributed by atoms with Crippen molar-refractivity contribution in [3.63, 3.8) is 0 Å². The van der Waals surface area contributed by atoms with Crippen molar-refractivity contribution >= 4 is 12.6 Å². The van der Waals surface area contributed by atoms with Crippen molar-refractivity contribution in [2.75, 3.05) is 5.75 Å². The van der Waals surface area contributed by atoms with Gasteiger partial charge in [0.1, 0.15) is 5.82 Å². The number of hydrogen-bond acceptors (Lipinski definition) is 2. The van der Waals surface area contributed by atoms with Crippen LogP contribution < -0.4 is 0 Å². The van der Waals surface area contributed by atoms with Gasteiger partial charge in [-0.25, -0.2) is 4.98 Å². The number of aryl methyl sites for hydroxylation is 2. The summed E-state index contributed by atoms with van der Waals surface area (Å²) in [6.45, 7) is 3.33. The third-order valence-corrected chi connectivity index (χ3v) is 2.90. The minimum Gasteiger partial charge on any atom is -0.335 e. The molecule has 0 bridgehead atoms. The second-order valence-corrected chi connectivity index (χ2v) is 4.37. The maximum absolute atomic E-state index is 4.37. The summed E-state index contributed by atoms with van der Waals surface area (Å²) in [5.41, 5.74) is 0. The summed E-state index contributed by atoms with van der Waals surface area (Å²) in [6, 6.07) is 0. The first kappa shape index (κ1) is 12.6. The van der Waals surface area contributed by atoms with Crippen molar-refractivity contribution in [1.82, 2.24) is 9.55 Å². The molecule has 3 heteroatoms. The van der Waals surface area contributed by atoms with Gasteiger partial charge in [-0.1, -0.05) is 19.8 Å². The quantitative estimate of drug-likeness (QED) is 0.532. The molecule has 0 spiro atoms. The van der Waals surface area contributed by atoms with Gasteiger partial charge in [0.2, 0.25) is 0 Å². The summed E-state index contributed by atoms with van der Waals surface area (Å²) < 4.78 is 2.30. The van der Waals surface area contributed by atoms with Gasteiger partial charge in [-0.2, -0.15) is 12.6 Å². The Bertz CT molecular complexity index is 258. The lowest BCUT2D eigenvalue weighted by atomic mass is 10.2. The predicted molar refractivity (Wildman–Crippen MR) is 68.5 cm³/mol. The summed E-state index contributed by atoms with van der Waals surface area (Å²) in [5.74, 6) is 2.26.